The maximum absolute atomic E-state index is 10.8. The van der Waals surface area contributed by atoms with Crippen molar-refractivity contribution in [3.8, 4) is 5.75 Å². The van der Waals surface area contributed by atoms with Gasteiger partial charge in [-0.15, -0.1) is 0 Å². The number of rotatable bonds is 6. The number of benzene rings is 2. The summed E-state index contributed by atoms with van der Waals surface area (Å²) in [5.74, 6) is 1.59. The zero-order chi connectivity index (χ0) is 16.2. The van der Waals surface area contributed by atoms with Gasteiger partial charge in [0.15, 0.2) is 5.16 Å². The average molecular weight is 329 g/mol. The molecule has 3 aromatic rings. The molecule has 118 valence electrons. The number of ether oxygens (including phenoxy) is 1. The Hall–Kier alpha value is -2.54. The van der Waals surface area contributed by atoms with Crippen LogP contribution in [0.15, 0.2) is 53.7 Å². The molecule has 0 aliphatic heterocycles. The minimum Gasteiger partial charge on any atom is -0.493 e. The minimum atomic E-state index is -0.408. The number of non-ortho nitro benzene ring substituents is 1. The van der Waals surface area contributed by atoms with Crippen molar-refractivity contribution in [3.05, 3.63) is 58.6 Å². The van der Waals surface area contributed by atoms with Gasteiger partial charge in [0.25, 0.3) is 5.69 Å². The Morgan fingerprint density at radius 1 is 1.26 bits per heavy atom. The fraction of sp³-hybridized carbons (Fsp3) is 0.188. The highest BCUT2D eigenvalue weighted by Gasteiger charge is 2.12. The van der Waals surface area contributed by atoms with Gasteiger partial charge in [-0.2, -0.15) is 0 Å². The third-order valence-corrected chi connectivity index (χ3v) is 4.35. The van der Waals surface area contributed by atoms with E-state index in [1.165, 1.54) is 12.1 Å². The monoisotopic (exact) mass is 329 g/mol. The van der Waals surface area contributed by atoms with Gasteiger partial charge in [-0.3, -0.25) is 10.1 Å². The molecule has 2 aromatic carbocycles. The summed E-state index contributed by atoms with van der Waals surface area (Å²) in [6.07, 6.45) is 0. The van der Waals surface area contributed by atoms with Gasteiger partial charge in [0.05, 0.1) is 22.6 Å². The fourth-order valence-corrected chi connectivity index (χ4v) is 3.02. The molecule has 0 bridgehead atoms. The van der Waals surface area contributed by atoms with Crippen molar-refractivity contribution in [2.24, 2.45) is 7.05 Å². The Bertz CT molecular complexity index is 833. The van der Waals surface area contributed by atoms with Crippen molar-refractivity contribution in [1.29, 1.82) is 0 Å². The lowest BCUT2D eigenvalue weighted by atomic mass is 10.3. The highest BCUT2D eigenvalue weighted by molar-refractivity contribution is 7.99. The number of aryl methyl sites for hydroxylation is 1. The SMILES string of the molecule is Cn1c(SCCOc2ccccc2)nc2cc([N+](=O)[O-])ccc21. The molecule has 0 saturated heterocycles. The maximum atomic E-state index is 10.8. The summed E-state index contributed by atoms with van der Waals surface area (Å²) in [7, 11) is 1.90. The number of hydrogen-bond acceptors (Lipinski definition) is 5. The van der Waals surface area contributed by atoms with Crippen LogP contribution in [0.1, 0.15) is 0 Å². The molecule has 0 N–H and O–H groups in total. The highest BCUT2D eigenvalue weighted by atomic mass is 32.2. The first-order valence-electron chi connectivity index (χ1n) is 7.06. The Labute approximate surface area is 137 Å². The van der Waals surface area contributed by atoms with E-state index in [1.807, 2.05) is 41.9 Å². The maximum Gasteiger partial charge on any atom is 0.271 e. The molecule has 6 nitrogen and oxygen atoms in total. The van der Waals surface area contributed by atoms with Gasteiger partial charge in [-0.25, -0.2) is 4.98 Å². The molecular weight excluding hydrogens is 314 g/mol. The number of thioether (sulfide) groups is 1. The van der Waals surface area contributed by atoms with Crippen LogP contribution in [-0.2, 0) is 7.05 Å². The molecule has 0 aliphatic carbocycles. The summed E-state index contributed by atoms with van der Waals surface area (Å²) in [5.41, 5.74) is 1.56. The van der Waals surface area contributed by atoms with E-state index in [4.69, 9.17) is 4.74 Å². The molecule has 0 unspecified atom stereocenters. The van der Waals surface area contributed by atoms with Crippen molar-refractivity contribution >= 4 is 28.5 Å². The summed E-state index contributed by atoms with van der Waals surface area (Å²) >= 11 is 1.56. The second-order valence-electron chi connectivity index (χ2n) is 4.89. The highest BCUT2D eigenvalue weighted by Crippen LogP contribution is 2.25. The minimum absolute atomic E-state index is 0.0551. The third kappa shape index (κ3) is 3.45. The second kappa shape index (κ2) is 6.70. The van der Waals surface area contributed by atoms with Crippen LogP contribution in [0.25, 0.3) is 11.0 Å². The van der Waals surface area contributed by atoms with Crippen LogP contribution in [0, 0.1) is 10.1 Å². The largest absolute Gasteiger partial charge is 0.493 e. The normalized spacial score (nSPS) is 10.8. The molecule has 7 heteroatoms. The first kappa shape index (κ1) is 15.4. The molecule has 0 atom stereocenters. The second-order valence-corrected chi connectivity index (χ2v) is 5.96. The fourth-order valence-electron chi connectivity index (χ4n) is 2.22. The van der Waals surface area contributed by atoms with Gasteiger partial charge in [-0.05, 0) is 18.2 Å². The first-order valence-corrected chi connectivity index (χ1v) is 8.05. The number of nitrogens with zero attached hydrogens (tertiary/aromatic N) is 3. The predicted octanol–water partition coefficient (Wildman–Crippen LogP) is 3.65. The average Bonchev–Trinajstić information content (AvgIpc) is 2.88. The van der Waals surface area contributed by atoms with Gasteiger partial charge in [0.2, 0.25) is 0 Å². The molecule has 1 heterocycles. The zero-order valence-corrected chi connectivity index (χ0v) is 13.3. The van der Waals surface area contributed by atoms with Gasteiger partial charge in [0, 0.05) is 24.9 Å². The van der Waals surface area contributed by atoms with Crippen LogP contribution in [0.2, 0.25) is 0 Å². The standard InChI is InChI=1S/C16H15N3O3S/c1-18-15-8-7-12(19(20)21)11-14(15)17-16(18)23-10-9-22-13-5-3-2-4-6-13/h2-8,11H,9-10H2,1H3. The molecule has 0 radical (unpaired) electrons. The Balaban J connectivity index is 1.66. The van der Waals surface area contributed by atoms with Crippen molar-refractivity contribution in [1.82, 2.24) is 9.55 Å². The van der Waals surface area contributed by atoms with Crippen LogP contribution in [-0.4, -0.2) is 26.8 Å². The molecule has 0 saturated carbocycles. The lowest BCUT2D eigenvalue weighted by Gasteiger charge is -2.05. The molecule has 0 aliphatic rings. The van der Waals surface area contributed by atoms with Crippen LogP contribution in [0.4, 0.5) is 5.69 Å². The molecule has 3 rings (SSSR count). The molecular formula is C16H15N3O3S. The zero-order valence-electron chi connectivity index (χ0n) is 12.5. The van der Waals surface area contributed by atoms with E-state index < -0.39 is 4.92 Å². The smallest absolute Gasteiger partial charge is 0.271 e. The number of nitro benzene ring substituents is 1. The number of hydrogen-bond donors (Lipinski definition) is 0. The van der Waals surface area contributed by atoms with Crippen molar-refractivity contribution in [2.75, 3.05) is 12.4 Å². The Morgan fingerprint density at radius 3 is 2.78 bits per heavy atom. The number of fused-ring (bicyclic) bond motifs is 1. The van der Waals surface area contributed by atoms with E-state index in [9.17, 15) is 10.1 Å². The lowest BCUT2D eigenvalue weighted by molar-refractivity contribution is -0.384. The first-order chi connectivity index (χ1) is 11.1. The van der Waals surface area contributed by atoms with E-state index >= 15 is 0 Å². The van der Waals surface area contributed by atoms with Crippen LogP contribution < -0.4 is 4.74 Å². The topological polar surface area (TPSA) is 70.2 Å². The summed E-state index contributed by atoms with van der Waals surface area (Å²) in [6, 6.07) is 14.4. The quantitative estimate of drug-likeness (QED) is 0.299. The van der Waals surface area contributed by atoms with Gasteiger partial charge < -0.3 is 9.30 Å². The molecule has 1 aromatic heterocycles. The molecule has 23 heavy (non-hydrogen) atoms. The van der Waals surface area contributed by atoms with Crippen LogP contribution in [0.5, 0.6) is 5.75 Å². The Morgan fingerprint density at radius 2 is 2.04 bits per heavy atom. The van der Waals surface area contributed by atoms with Gasteiger partial charge in [-0.1, -0.05) is 30.0 Å². The Kier molecular flexibility index (Phi) is 4.47. The van der Waals surface area contributed by atoms with E-state index in [-0.39, 0.29) is 5.69 Å². The van der Waals surface area contributed by atoms with Gasteiger partial charge in [0.1, 0.15) is 5.75 Å². The molecule has 0 spiro atoms. The third-order valence-electron chi connectivity index (χ3n) is 3.36. The van der Waals surface area contributed by atoms with Crippen LogP contribution in [0.3, 0.4) is 0 Å². The van der Waals surface area contributed by atoms with Crippen molar-refractivity contribution < 1.29 is 9.66 Å². The number of nitro groups is 1. The van der Waals surface area contributed by atoms with Crippen molar-refractivity contribution in [3.63, 3.8) is 0 Å². The number of aromatic nitrogens is 2. The molecule has 0 amide bonds. The van der Waals surface area contributed by atoms with Crippen molar-refractivity contribution in [2.45, 2.75) is 5.16 Å². The van der Waals surface area contributed by atoms with Crippen LogP contribution >= 0.6 is 11.8 Å². The summed E-state index contributed by atoms with van der Waals surface area (Å²) in [6.45, 7) is 0.567. The number of imidazole rings is 1. The van der Waals surface area contributed by atoms with Gasteiger partial charge >= 0.3 is 0 Å². The van der Waals surface area contributed by atoms with E-state index in [0.717, 1.165) is 22.2 Å². The van der Waals surface area contributed by atoms with E-state index in [2.05, 4.69) is 4.98 Å². The molecule has 0 fully saturated rings. The number of para-hydroxylation sites is 1. The summed E-state index contributed by atoms with van der Waals surface area (Å²) in [5, 5.41) is 11.6. The van der Waals surface area contributed by atoms with E-state index in [1.54, 1.807) is 17.8 Å². The lowest BCUT2D eigenvalue weighted by Crippen LogP contribution is -2.01. The predicted molar refractivity (Wildman–Crippen MR) is 90.0 cm³/mol. The summed E-state index contributed by atoms with van der Waals surface area (Å²) in [4.78, 5) is 14.9. The summed E-state index contributed by atoms with van der Waals surface area (Å²) < 4.78 is 7.58. The van der Waals surface area contributed by atoms with E-state index in [0.29, 0.717) is 12.1 Å².